The van der Waals surface area contributed by atoms with Gasteiger partial charge in [0.25, 0.3) is 0 Å². The molecule has 1 aromatic rings. The van der Waals surface area contributed by atoms with Crippen LogP contribution in [0, 0.1) is 0 Å². The molecule has 1 rings (SSSR count). The van der Waals surface area contributed by atoms with E-state index in [0.29, 0.717) is 6.61 Å². The molecular formula is C9H14N2O. The van der Waals surface area contributed by atoms with Crippen LogP contribution in [0.5, 0.6) is 0 Å². The van der Waals surface area contributed by atoms with E-state index >= 15 is 0 Å². The molecule has 12 heavy (non-hydrogen) atoms. The molecule has 0 aliphatic rings. The van der Waals surface area contributed by atoms with Gasteiger partial charge in [0.15, 0.2) is 0 Å². The molecule has 0 aromatic heterocycles. The van der Waals surface area contributed by atoms with E-state index in [1.807, 2.05) is 24.3 Å². The first kappa shape index (κ1) is 8.87. The van der Waals surface area contributed by atoms with Crippen LogP contribution in [0.4, 0.5) is 11.4 Å². The van der Waals surface area contributed by atoms with Crippen molar-refractivity contribution in [2.45, 2.75) is 0 Å². The van der Waals surface area contributed by atoms with E-state index in [1.165, 1.54) is 0 Å². The molecule has 0 amide bonds. The molecule has 0 bridgehead atoms. The molecule has 0 aliphatic heterocycles. The Kier molecular flexibility index (Phi) is 3.41. The van der Waals surface area contributed by atoms with E-state index in [1.54, 1.807) is 7.11 Å². The summed E-state index contributed by atoms with van der Waals surface area (Å²) in [6.07, 6.45) is 0. The van der Waals surface area contributed by atoms with Gasteiger partial charge in [0.1, 0.15) is 0 Å². The van der Waals surface area contributed by atoms with Crippen LogP contribution in [-0.2, 0) is 4.74 Å². The third kappa shape index (κ3) is 2.80. The second-order valence-electron chi connectivity index (χ2n) is 2.55. The summed E-state index contributed by atoms with van der Waals surface area (Å²) in [5, 5.41) is 3.18. The number of methoxy groups -OCH3 is 1. The van der Waals surface area contributed by atoms with Gasteiger partial charge in [-0.15, -0.1) is 0 Å². The Hall–Kier alpha value is -1.22. The summed E-state index contributed by atoms with van der Waals surface area (Å²) in [4.78, 5) is 0. The maximum atomic E-state index is 5.59. The molecule has 3 N–H and O–H groups in total. The Morgan fingerprint density at radius 2 is 2.33 bits per heavy atom. The minimum absolute atomic E-state index is 0.703. The molecule has 0 aliphatic carbocycles. The van der Waals surface area contributed by atoms with Crippen molar-refractivity contribution in [2.75, 3.05) is 31.3 Å². The first-order chi connectivity index (χ1) is 5.83. The first-order valence-electron chi connectivity index (χ1n) is 3.91. The van der Waals surface area contributed by atoms with Gasteiger partial charge >= 0.3 is 0 Å². The zero-order chi connectivity index (χ0) is 8.81. The van der Waals surface area contributed by atoms with Crippen LogP contribution in [0.2, 0.25) is 0 Å². The van der Waals surface area contributed by atoms with Crippen LogP contribution in [0.3, 0.4) is 0 Å². The van der Waals surface area contributed by atoms with Crippen molar-refractivity contribution < 1.29 is 4.74 Å². The molecule has 0 saturated carbocycles. The number of benzene rings is 1. The second-order valence-corrected chi connectivity index (χ2v) is 2.55. The maximum Gasteiger partial charge on any atom is 0.0635 e. The first-order valence-corrected chi connectivity index (χ1v) is 3.91. The zero-order valence-electron chi connectivity index (χ0n) is 7.21. The van der Waals surface area contributed by atoms with Crippen LogP contribution < -0.4 is 11.1 Å². The predicted octanol–water partition coefficient (Wildman–Crippen LogP) is 1.33. The number of nitrogens with one attached hydrogen (secondary N) is 1. The largest absolute Gasteiger partial charge is 0.399 e. The Morgan fingerprint density at radius 1 is 1.50 bits per heavy atom. The summed E-state index contributed by atoms with van der Waals surface area (Å²) in [6, 6.07) is 7.66. The molecule has 0 atom stereocenters. The van der Waals surface area contributed by atoms with Gasteiger partial charge < -0.3 is 15.8 Å². The number of ether oxygens (including phenoxy) is 1. The van der Waals surface area contributed by atoms with Gasteiger partial charge in [0.05, 0.1) is 6.61 Å². The van der Waals surface area contributed by atoms with E-state index < -0.39 is 0 Å². The van der Waals surface area contributed by atoms with Crippen LogP contribution in [-0.4, -0.2) is 20.3 Å². The fourth-order valence-electron chi connectivity index (χ4n) is 0.946. The highest BCUT2D eigenvalue weighted by Crippen LogP contribution is 2.10. The molecular weight excluding hydrogens is 152 g/mol. The van der Waals surface area contributed by atoms with E-state index in [-0.39, 0.29) is 0 Å². The number of nitrogen functional groups attached to an aromatic ring is 1. The highest BCUT2D eigenvalue weighted by molar-refractivity contribution is 5.53. The SMILES string of the molecule is COCCNc1cccc(N)c1. The van der Waals surface area contributed by atoms with Crippen molar-refractivity contribution in [3.63, 3.8) is 0 Å². The zero-order valence-corrected chi connectivity index (χ0v) is 7.21. The molecule has 3 heteroatoms. The quantitative estimate of drug-likeness (QED) is 0.524. The molecule has 0 unspecified atom stereocenters. The second kappa shape index (κ2) is 4.62. The molecule has 0 radical (unpaired) electrons. The summed E-state index contributed by atoms with van der Waals surface area (Å²) < 4.78 is 4.90. The fourth-order valence-corrected chi connectivity index (χ4v) is 0.946. The van der Waals surface area contributed by atoms with E-state index in [0.717, 1.165) is 17.9 Å². The van der Waals surface area contributed by atoms with Crippen LogP contribution in [0.15, 0.2) is 24.3 Å². The van der Waals surface area contributed by atoms with Crippen molar-refractivity contribution >= 4 is 11.4 Å². The lowest BCUT2D eigenvalue weighted by Gasteiger charge is -2.05. The topological polar surface area (TPSA) is 47.3 Å². The number of hydrogen-bond acceptors (Lipinski definition) is 3. The lowest BCUT2D eigenvalue weighted by atomic mass is 10.3. The fraction of sp³-hybridized carbons (Fsp3) is 0.333. The number of anilines is 2. The number of rotatable bonds is 4. The maximum absolute atomic E-state index is 5.59. The average molecular weight is 166 g/mol. The van der Waals surface area contributed by atoms with Gasteiger partial charge in [-0.05, 0) is 18.2 Å². The average Bonchev–Trinajstić information content (AvgIpc) is 2.05. The van der Waals surface area contributed by atoms with Crippen molar-refractivity contribution in [1.82, 2.24) is 0 Å². The lowest BCUT2D eigenvalue weighted by molar-refractivity contribution is 0.211. The van der Waals surface area contributed by atoms with Crippen molar-refractivity contribution in [3.8, 4) is 0 Å². The number of hydrogen-bond donors (Lipinski definition) is 2. The third-order valence-corrected chi connectivity index (χ3v) is 1.52. The minimum Gasteiger partial charge on any atom is -0.399 e. The van der Waals surface area contributed by atoms with Crippen LogP contribution in [0.1, 0.15) is 0 Å². The standard InChI is InChI=1S/C9H14N2O/c1-12-6-5-11-9-4-2-3-8(10)7-9/h2-4,7,11H,5-6,10H2,1H3. The number of nitrogens with two attached hydrogens (primary N) is 1. The van der Waals surface area contributed by atoms with Gasteiger partial charge in [0, 0.05) is 25.0 Å². The van der Waals surface area contributed by atoms with Gasteiger partial charge in [0.2, 0.25) is 0 Å². The Bertz CT molecular complexity index is 238. The summed E-state index contributed by atoms with van der Waals surface area (Å²) in [5.74, 6) is 0. The monoisotopic (exact) mass is 166 g/mol. The molecule has 0 saturated heterocycles. The Balaban J connectivity index is 2.41. The van der Waals surface area contributed by atoms with Crippen molar-refractivity contribution in [3.05, 3.63) is 24.3 Å². The molecule has 66 valence electrons. The van der Waals surface area contributed by atoms with Crippen molar-refractivity contribution in [1.29, 1.82) is 0 Å². The third-order valence-electron chi connectivity index (χ3n) is 1.52. The highest BCUT2D eigenvalue weighted by Gasteiger charge is 1.90. The van der Waals surface area contributed by atoms with E-state index in [2.05, 4.69) is 5.32 Å². The predicted molar refractivity (Wildman–Crippen MR) is 51.2 cm³/mol. The van der Waals surface area contributed by atoms with Gasteiger partial charge in [-0.3, -0.25) is 0 Å². The summed E-state index contributed by atoms with van der Waals surface area (Å²) in [7, 11) is 1.68. The molecule has 0 heterocycles. The molecule has 1 aromatic carbocycles. The summed E-state index contributed by atoms with van der Waals surface area (Å²) >= 11 is 0. The summed E-state index contributed by atoms with van der Waals surface area (Å²) in [5.41, 5.74) is 7.40. The minimum atomic E-state index is 0.703. The van der Waals surface area contributed by atoms with Gasteiger partial charge in [-0.2, -0.15) is 0 Å². The Labute approximate surface area is 72.5 Å². The normalized spacial score (nSPS) is 9.75. The van der Waals surface area contributed by atoms with Gasteiger partial charge in [-0.25, -0.2) is 0 Å². The van der Waals surface area contributed by atoms with Crippen molar-refractivity contribution in [2.24, 2.45) is 0 Å². The van der Waals surface area contributed by atoms with E-state index in [9.17, 15) is 0 Å². The van der Waals surface area contributed by atoms with Crippen LogP contribution in [0.25, 0.3) is 0 Å². The van der Waals surface area contributed by atoms with Crippen LogP contribution >= 0.6 is 0 Å². The van der Waals surface area contributed by atoms with E-state index in [4.69, 9.17) is 10.5 Å². The lowest BCUT2D eigenvalue weighted by Crippen LogP contribution is -2.07. The highest BCUT2D eigenvalue weighted by atomic mass is 16.5. The molecule has 3 nitrogen and oxygen atoms in total. The smallest absolute Gasteiger partial charge is 0.0635 e. The molecule has 0 fully saturated rings. The Morgan fingerprint density at radius 3 is 3.00 bits per heavy atom. The molecule has 0 spiro atoms. The van der Waals surface area contributed by atoms with Gasteiger partial charge in [-0.1, -0.05) is 6.07 Å². The summed E-state index contributed by atoms with van der Waals surface area (Å²) in [6.45, 7) is 1.51.